The molecule has 3 aromatic rings. The van der Waals surface area contributed by atoms with E-state index in [0.717, 1.165) is 37.1 Å². The van der Waals surface area contributed by atoms with Crippen LogP contribution in [0.3, 0.4) is 0 Å². The first kappa shape index (κ1) is 36.6. The van der Waals surface area contributed by atoms with Crippen LogP contribution >= 0.6 is 0 Å². The number of nitrogens with zero attached hydrogens (tertiary/aromatic N) is 2. The zero-order valence-electron chi connectivity index (χ0n) is 27.8. The fourth-order valence-electron chi connectivity index (χ4n) is 5.37. The number of sulfonamides is 1. The van der Waals surface area contributed by atoms with E-state index in [1.165, 1.54) is 17.0 Å². The van der Waals surface area contributed by atoms with Gasteiger partial charge in [-0.25, -0.2) is 17.6 Å². The number of amides is 3. The Bertz CT molecular complexity index is 1630. The van der Waals surface area contributed by atoms with Gasteiger partial charge in [0.05, 0.1) is 35.3 Å². The van der Waals surface area contributed by atoms with Gasteiger partial charge in [-0.2, -0.15) is 0 Å². The average Bonchev–Trinajstić information content (AvgIpc) is 3.06. The van der Waals surface area contributed by atoms with Crippen LogP contribution in [0.1, 0.15) is 50.4 Å². The van der Waals surface area contributed by atoms with Crippen LogP contribution in [0.4, 0.5) is 20.6 Å². The summed E-state index contributed by atoms with van der Waals surface area (Å²) in [5.41, 5.74) is 0.889. The molecular weight excluding hydrogens is 639 g/mol. The largest absolute Gasteiger partial charge is 0.490 e. The molecule has 1 heterocycles. The van der Waals surface area contributed by atoms with Crippen LogP contribution in [0.15, 0.2) is 77.7 Å². The molecule has 0 radical (unpaired) electrons. The van der Waals surface area contributed by atoms with Crippen LogP contribution in [-0.4, -0.2) is 86.9 Å². The lowest BCUT2D eigenvalue weighted by molar-refractivity contribution is -0.0115. The fourth-order valence-corrected chi connectivity index (χ4v) is 6.42. The number of fused-ring (bicyclic) bond motifs is 1. The summed E-state index contributed by atoms with van der Waals surface area (Å²) in [4.78, 5) is 30.3. The lowest BCUT2D eigenvalue weighted by Crippen LogP contribution is -2.48. The van der Waals surface area contributed by atoms with Crippen molar-refractivity contribution in [2.45, 2.75) is 63.2 Å². The van der Waals surface area contributed by atoms with E-state index in [9.17, 15) is 27.5 Å². The molecule has 1 aliphatic heterocycles. The van der Waals surface area contributed by atoms with Gasteiger partial charge in [0, 0.05) is 44.0 Å². The van der Waals surface area contributed by atoms with Crippen molar-refractivity contribution in [2.75, 3.05) is 43.4 Å². The van der Waals surface area contributed by atoms with Crippen LogP contribution in [0.25, 0.3) is 0 Å². The molecule has 0 saturated heterocycles. The lowest BCUT2D eigenvalue weighted by atomic mass is 10.0. The van der Waals surface area contributed by atoms with Gasteiger partial charge in [0.15, 0.2) is 0 Å². The molecule has 4 atom stereocenters. The number of rotatable bonds is 8. The Hall–Kier alpha value is -4.20. The van der Waals surface area contributed by atoms with E-state index in [-0.39, 0.29) is 59.6 Å². The van der Waals surface area contributed by atoms with Crippen molar-refractivity contribution in [2.24, 2.45) is 5.92 Å². The molecule has 48 heavy (non-hydrogen) atoms. The summed E-state index contributed by atoms with van der Waals surface area (Å²) in [7, 11) is -2.42. The number of hydrogen-bond donors (Lipinski definition) is 3. The molecule has 1 aliphatic rings. The molecule has 0 unspecified atom stereocenters. The first-order valence-electron chi connectivity index (χ1n) is 16.1. The Morgan fingerprint density at radius 1 is 1.06 bits per heavy atom. The third-order valence-corrected chi connectivity index (χ3v) is 9.65. The zero-order valence-corrected chi connectivity index (χ0v) is 28.6. The molecule has 13 heteroatoms. The Morgan fingerprint density at radius 2 is 1.77 bits per heavy atom. The maximum absolute atomic E-state index is 14.3. The molecule has 3 amide bonds. The number of carbonyl (C=O) groups excluding carboxylic acids is 2. The number of urea groups is 1. The van der Waals surface area contributed by atoms with Crippen molar-refractivity contribution in [3.8, 4) is 5.75 Å². The number of halogens is 1. The molecule has 0 bridgehead atoms. The van der Waals surface area contributed by atoms with Crippen molar-refractivity contribution >= 4 is 33.3 Å². The number of hydrogen-bond acceptors (Lipinski definition) is 7. The number of benzene rings is 3. The first-order valence-corrected chi connectivity index (χ1v) is 17.6. The quantitative estimate of drug-likeness (QED) is 0.282. The third-order valence-electron chi connectivity index (χ3n) is 8.25. The molecule has 260 valence electrons. The molecule has 0 aromatic heterocycles. The molecule has 3 aromatic carbocycles. The van der Waals surface area contributed by atoms with Gasteiger partial charge in [0.1, 0.15) is 11.6 Å². The van der Waals surface area contributed by atoms with Gasteiger partial charge in [0.2, 0.25) is 0 Å². The van der Waals surface area contributed by atoms with Gasteiger partial charge < -0.3 is 29.7 Å². The van der Waals surface area contributed by atoms with Gasteiger partial charge in [-0.15, -0.1) is 0 Å². The molecule has 0 spiro atoms. The fraction of sp³-hybridized carbons (Fsp3) is 0.429. The van der Waals surface area contributed by atoms with Gasteiger partial charge in [-0.05, 0) is 87.7 Å². The summed E-state index contributed by atoms with van der Waals surface area (Å²) in [5.74, 6) is -1.04. The summed E-state index contributed by atoms with van der Waals surface area (Å²) in [6.45, 7) is 6.08. The standard InChI is InChI=1S/C35H45FN4O7S/c1-24-21-40(25(2)23-41)34(42)31-20-29(38-48(44,45)30-16-13-27(36)14-17-30)15-18-32(31)47-26(3)10-8-9-19-46-33(24)22-39(4)35(43)37-28-11-6-5-7-12-28/h5-7,11-18,20,24-26,33,38,41H,8-10,19,21-23H2,1-4H3,(H,37,43)/t24-,25+,26-,33-/m0/s1. The number of ether oxygens (including phenoxy) is 2. The molecular formula is C35H45FN4O7S. The average molecular weight is 685 g/mol. The number of anilines is 2. The SMILES string of the molecule is C[C@H](CO)N1C[C@H](C)[C@H](CN(C)C(=O)Nc2ccccc2)OCCCC[C@H](C)Oc2ccc(NS(=O)(=O)c3ccc(F)cc3)cc2C1=O. The molecule has 11 nitrogen and oxygen atoms in total. The van der Waals surface area contributed by atoms with E-state index in [4.69, 9.17) is 9.47 Å². The van der Waals surface area contributed by atoms with Crippen LogP contribution in [0.5, 0.6) is 5.75 Å². The minimum absolute atomic E-state index is 0.112. The minimum atomic E-state index is -4.10. The number of aliphatic hydroxyl groups is 1. The van der Waals surface area contributed by atoms with Crippen molar-refractivity contribution in [3.05, 3.63) is 84.2 Å². The van der Waals surface area contributed by atoms with Crippen molar-refractivity contribution in [1.29, 1.82) is 0 Å². The second kappa shape index (κ2) is 16.8. The van der Waals surface area contributed by atoms with Crippen LogP contribution in [-0.2, 0) is 14.8 Å². The molecule has 0 saturated carbocycles. The maximum atomic E-state index is 14.3. The topological polar surface area (TPSA) is 138 Å². The number of para-hydroxylation sites is 1. The number of likely N-dealkylation sites (N-methyl/N-ethyl adjacent to an activating group) is 1. The van der Waals surface area contributed by atoms with Crippen molar-refractivity contribution in [1.82, 2.24) is 9.80 Å². The number of aliphatic hydroxyl groups excluding tert-OH is 1. The zero-order chi connectivity index (χ0) is 34.8. The first-order chi connectivity index (χ1) is 22.9. The second-order valence-electron chi connectivity index (χ2n) is 12.2. The highest BCUT2D eigenvalue weighted by Gasteiger charge is 2.31. The minimum Gasteiger partial charge on any atom is -0.490 e. The second-order valence-corrected chi connectivity index (χ2v) is 13.9. The highest BCUT2D eigenvalue weighted by molar-refractivity contribution is 7.92. The molecule has 4 rings (SSSR count). The highest BCUT2D eigenvalue weighted by Crippen LogP contribution is 2.29. The van der Waals surface area contributed by atoms with Gasteiger partial charge in [-0.1, -0.05) is 25.1 Å². The summed E-state index contributed by atoms with van der Waals surface area (Å²) in [5, 5.41) is 13.1. The van der Waals surface area contributed by atoms with Gasteiger partial charge in [0.25, 0.3) is 15.9 Å². The van der Waals surface area contributed by atoms with Gasteiger partial charge in [-0.3, -0.25) is 9.52 Å². The smallest absolute Gasteiger partial charge is 0.321 e. The van der Waals surface area contributed by atoms with Crippen LogP contribution < -0.4 is 14.8 Å². The van der Waals surface area contributed by atoms with Crippen LogP contribution in [0.2, 0.25) is 0 Å². The predicted octanol–water partition coefficient (Wildman–Crippen LogP) is 5.59. The lowest BCUT2D eigenvalue weighted by Gasteiger charge is -2.35. The molecule has 0 aliphatic carbocycles. The third kappa shape index (κ3) is 9.91. The van der Waals surface area contributed by atoms with Crippen molar-refractivity contribution in [3.63, 3.8) is 0 Å². The monoisotopic (exact) mass is 684 g/mol. The predicted molar refractivity (Wildman–Crippen MR) is 182 cm³/mol. The van der Waals surface area contributed by atoms with Crippen molar-refractivity contribution < 1.29 is 37.0 Å². The van der Waals surface area contributed by atoms with E-state index >= 15 is 0 Å². The number of nitrogens with one attached hydrogen (secondary N) is 2. The highest BCUT2D eigenvalue weighted by atomic mass is 32.2. The molecule has 3 N–H and O–H groups in total. The summed E-state index contributed by atoms with van der Waals surface area (Å²) in [6.07, 6.45) is 1.50. The van der Waals surface area contributed by atoms with Gasteiger partial charge >= 0.3 is 6.03 Å². The van der Waals surface area contributed by atoms with E-state index in [0.29, 0.717) is 18.7 Å². The summed E-state index contributed by atoms with van der Waals surface area (Å²) < 4.78 is 54.6. The number of carbonyl (C=O) groups is 2. The summed E-state index contributed by atoms with van der Waals surface area (Å²) in [6, 6.07) is 17.1. The molecule has 0 fully saturated rings. The Labute approximate surface area is 282 Å². The van der Waals surface area contributed by atoms with E-state index < -0.39 is 33.9 Å². The Morgan fingerprint density at radius 3 is 2.46 bits per heavy atom. The Balaban J connectivity index is 1.63. The van der Waals surface area contributed by atoms with E-state index in [1.807, 2.05) is 32.0 Å². The van der Waals surface area contributed by atoms with Crippen LogP contribution in [0, 0.1) is 11.7 Å². The Kier molecular flexibility index (Phi) is 12.8. The van der Waals surface area contributed by atoms with E-state index in [2.05, 4.69) is 10.0 Å². The van der Waals surface area contributed by atoms with E-state index in [1.54, 1.807) is 37.1 Å². The normalized spacial score (nSPS) is 20.1. The maximum Gasteiger partial charge on any atom is 0.321 e. The summed E-state index contributed by atoms with van der Waals surface area (Å²) >= 11 is 0.